The van der Waals surface area contributed by atoms with Crippen molar-refractivity contribution in [2.45, 2.75) is 57.5 Å². The minimum Gasteiger partial charge on any atom is -0.356 e. The molecule has 1 saturated carbocycles. The molecule has 0 radical (unpaired) electrons. The fourth-order valence-corrected chi connectivity index (χ4v) is 3.67. The largest absolute Gasteiger partial charge is 0.356 e. The van der Waals surface area contributed by atoms with Crippen LogP contribution in [0.15, 0.2) is 5.16 Å². The first-order valence-corrected chi connectivity index (χ1v) is 9.32. The van der Waals surface area contributed by atoms with Crippen LogP contribution in [-0.2, 0) is 18.3 Å². The lowest BCUT2D eigenvalue weighted by Gasteiger charge is -2.09. The third-order valence-electron chi connectivity index (χ3n) is 4.09. The van der Waals surface area contributed by atoms with Crippen molar-refractivity contribution < 1.29 is 4.79 Å². The highest BCUT2D eigenvalue weighted by molar-refractivity contribution is 7.99. The predicted molar refractivity (Wildman–Crippen MR) is 89.9 cm³/mol. The molecule has 1 amide bonds. The molecule has 124 valence electrons. The zero-order valence-corrected chi connectivity index (χ0v) is 14.8. The Morgan fingerprint density at radius 3 is 2.77 bits per heavy atom. The van der Waals surface area contributed by atoms with Gasteiger partial charge in [0.1, 0.15) is 5.82 Å². The van der Waals surface area contributed by atoms with Gasteiger partial charge in [-0.3, -0.25) is 4.79 Å². The lowest BCUT2D eigenvalue weighted by Crippen LogP contribution is -2.27. The molecule has 1 aliphatic carbocycles. The maximum Gasteiger partial charge on any atom is 0.220 e. The molecule has 0 aromatic carbocycles. The number of aromatic nitrogens is 3. The van der Waals surface area contributed by atoms with Crippen LogP contribution < -0.4 is 5.32 Å². The number of nitrogens with zero attached hydrogens (tertiary/aromatic N) is 3. The molecule has 1 aliphatic rings. The van der Waals surface area contributed by atoms with E-state index in [0.29, 0.717) is 24.8 Å². The second-order valence-electron chi connectivity index (χ2n) is 6.62. The van der Waals surface area contributed by atoms with Gasteiger partial charge in [-0.05, 0) is 24.7 Å². The third kappa shape index (κ3) is 5.30. The molecular weight excluding hydrogens is 296 g/mol. The third-order valence-corrected chi connectivity index (χ3v) is 5.54. The summed E-state index contributed by atoms with van der Waals surface area (Å²) in [6.45, 7) is 5.04. The van der Waals surface area contributed by atoms with E-state index in [1.807, 2.05) is 11.6 Å². The summed E-state index contributed by atoms with van der Waals surface area (Å²) in [6.07, 6.45) is 6.43. The van der Waals surface area contributed by atoms with Crippen LogP contribution in [0.5, 0.6) is 0 Å². The minimum atomic E-state index is 0.184. The zero-order valence-electron chi connectivity index (χ0n) is 14.0. The van der Waals surface area contributed by atoms with E-state index in [0.717, 1.165) is 23.2 Å². The van der Waals surface area contributed by atoms with Crippen molar-refractivity contribution in [2.24, 2.45) is 18.9 Å². The molecule has 1 aromatic heterocycles. The summed E-state index contributed by atoms with van der Waals surface area (Å²) in [7, 11) is 2.00. The second-order valence-corrected chi connectivity index (χ2v) is 7.60. The van der Waals surface area contributed by atoms with Gasteiger partial charge in [-0.1, -0.05) is 38.5 Å². The summed E-state index contributed by atoms with van der Waals surface area (Å²) in [4.78, 5) is 11.9. The van der Waals surface area contributed by atoms with Crippen molar-refractivity contribution in [1.29, 1.82) is 0 Å². The molecule has 6 heteroatoms. The Kier molecular flexibility index (Phi) is 6.73. The fourth-order valence-electron chi connectivity index (χ4n) is 2.79. The topological polar surface area (TPSA) is 59.8 Å². The van der Waals surface area contributed by atoms with E-state index < -0.39 is 0 Å². The van der Waals surface area contributed by atoms with Crippen molar-refractivity contribution in [2.75, 3.05) is 12.3 Å². The van der Waals surface area contributed by atoms with Gasteiger partial charge in [0.25, 0.3) is 0 Å². The normalized spacial score (nSPS) is 15.6. The Morgan fingerprint density at radius 1 is 1.36 bits per heavy atom. The van der Waals surface area contributed by atoms with Gasteiger partial charge in [0.2, 0.25) is 5.91 Å². The van der Waals surface area contributed by atoms with E-state index in [4.69, 9.17) is 0 Å². The average Bonchev–Trinajstić information content (AvgIpc) is 3.08. The van der Waals surface area contributed by atoms with Gasteiger partial charge >= 0.3 is 0 Å². The SMILES string of the molecule is CC(C)CSc1nnc(CCNC(=O)CC2CCCC2)n1C. The monoisotopic (exact) mass is 324 g/mol. The van der Waals surface area contributed by atoms with Crippen LogP contribution in [0.1, 0.15) is 51.8 Å². The van der Waals surface area contributed by atoms with Crippen molar-refractivity contribution in [3.63, 3.8) is 0 Å². The Morgan fingerprint density at radius 2 is 2.09 bits per heavy atom. The van der Waals surface area contributed by atoms with Gasteiger partial charge in [-0.15, -0.1) is 10.2 Å². The second kappa shape index (κ2) is 8.56. The first-order chi connectivity index (χ1) is 10.6. The van der Waals surface area contributed by atoms with Crippen molar-refractivity contribution in [1.82, 2.24) is 20.1 Å². The molecule has 5 nitrogen and oxygen atoms in total. The highest BCUT2D eigenvalue weighted by Gasteiger charge is 2.18. The molecule has 0 unspecified atom stereocenters. The summed E-state index contributed by atoms with van der Waals surface area (Å²) >= 11 is 1.74. The van der Waals surface area contributed by atoms with Gasteiger partial charge in [-0.25, -0.2) is 0 Å². The summed E-state index contributed by atoms with van der Waals surface area (Å²) in [6, 6.07) is 0. The molecule has 0 spiro atoms. The van der Waals surface area contributed by atoms with Crippen LogP contribution in [0.2, 0.25) is 0 Å². The zero-order chi connectivity index (χ0) is 15.9. The molecule has 22 heavy (non-hydrogen) atoms. The smallest absolute Gasteiger partial charge is 0.220 e. The highest BCUT2D eigenvalue weighted by Crippen LogP contribution is 2.27. The molecule has 0 aliphatic heterocycles. The van der Waals surface area contributed by atoms with Gasteiger partial charge in [0.15, 0.2) is 5.16 Å². The van der Waals surface area contributed by atoms with Crippen LogP contribution in [-0.4, -0.2) is 33.0 Å². The first-order valence-electron chi connectivity index (χ1n) is 8.34. The van der Waals surface area contributed by atoms with E-state index in [2.05, 4.69) is 29.4 Å². The van der Waals surface area contributed by atoms with E-state index in [1.54, 1.807) is 11.8 Å². The van der Waals surface area contributed by atoms with Crippen LogP contribution in [0.4, 0.5) is 0 Å². The minimum absolute atomic E-state index is 0.184. The number of hydrogen-bond donors (Lipinski definition) is 1. The summed E-state index contributed by atoms with van der Waals surface area (Å²) < 4.78 is 2.04. The molecule has 0 atom stereocenters. The number of nitrogens with one attached hydrogen (secondary N) is 1. The molecule has 1 fully saturated rings. The number of rotatable bonds is 8. The number of hydrogen-bond acceptors (Lipinski definition) is 4. The quantitative estimate of drug-likeness (QED) is 0.747. The number of thioether (sulfide) groups is 1. The standard InChI is InChI=1S/C16H28N4OS/c1-12(2)11-22-16-19-18-14(20(16)3)8-9-17-15(21)10-13-6-4-5-7-13/h12-13H,4-11H2,1-3H3,(H,17,21). The van der Waals surface area contributed by atoms with Crippen LogP contribution >= 0.6 is 11.8 Å². The van der Waals surface area contributed by atoms with Crippen molar-refractivity contribution >= 4 is 17.7 Å². The van der Waals surface area contributed by atoms with E-state index in [1.165, 1.54) is 25.7 Å². The van der Waals surface area contributed by atoms with E-state index in [-0.39, 0.29) is 5.91 Å². The molecular formula is C16H28N4OS. The maximum absolute atomic E-state index is 11.9. The summed E-state index contributed by atoms with van der Waals surface area (Å²) in [5, 5.41) is 12.4. The van der Waals surface area contributed by atoms with Gasteiger partial charge in [0.05, 0.1) is 0 Å². The van der Waals surface area contributed by atoms with Gasteiger partial charge in [0, 0.05) is 32.2 Å². The van der Waals surface area contributed by atoms with Crippen molar-refractivity contribution in [3.05, 3.63) is 5.82 Å². The highest BCUT2D eigenvalue weighted by atomic mass is 32.2. The van der Waals surface area contributed by atoms with Crippen LogP contribution in [0.25, 0.3) is 0 Å². The lowest BCUT2D eigenvalue weighted by molar-refractivity contribution is -0.121. The lowest BCUT2D eigenvalue weighted by atomic mass is 10.0. The Labute approximate surface area is 137 Å². The Hall–Kier alpha value is -1.04. The van der Waals surface area contributed by atoms with E-state index in [9.17, 15) is 4.79 Å². The van der Waals surface area contributed by atoms with Crippen LogP contribution in [0, 0.1) is 11.8 Å². The Balaban J connectivity index is 1.71. The molecule has 1 N–H and O–H groups in total. The van der Waals surface area contributed by atoms with Crippen LogP contribution in [0.3, 0.4) is 0 Å². The fraction of sp³-hybridized carbons (Fsp3) is 0.812. The van der Waals surface area contributed by atoms with Gasteiger partial charge in [-0.2, -0.15) is 0 Å². The first kappa shape index (κ1) is 17.3. The summed E-state index contributed by atoms with van der Waals surface area (Å²) in [5.41, 5.74) is 0. The summed E-state index contributed by atoms with van der Waals surface area (Å²) in [5.74, 6) is 3.41. The molecule has 2 rings (SSSR count). The van der Waals surface area contributed by atoms with E-state index >= 15 is 0 Å². The van der Waals surface area contributed by atoms with Gasteiger partial charge < -0.3 is 9.88 Å². The average molecular weight is 324 g/mol. The molecule has 0 bridgehead atoms. The number of amides is 1. The number of carbonyl (C=O) groups is 1. The number of carbonyl (C=O) groups excluding carboxylic acids is 1. The molecule has 0 saturated heterocycles. The molecule has 1 aromatic rings. The maximum atomic E-state index is 11.9. The molecule has 1 heterocycles. The predicted octanol–water partition coefficient (Wildman–Crippen LogP) is 2.80. The van der Waals surface area contributed by atoms with Crippen molar-refractivity contribution in [3.8, 4) is 0 Å². The Bertz CT molecular complexity index is 480.